The van der Waals surface area contributed by atoms with Gasteiger partial charge in [0, 0.05) is 11.6 Å². The van der Waals surface area contributed by atoms with Gasteiger partial charge < -0.3 is 4.90 Å². The molecule has 0 radical (unpaired) electrons. The molecule has 3 aromatic rings. The van der Waals surface area contributed by atoms with Crippen LogP contribution in [0.4, 0.5) is 5.13 Å². The molecule has 3 rings (SSSR count). The lowest BCUT2D eigenvalue weighted by atomic mass is 10.1. The van der Waals surface area contributed by atoms with Crippen molar-refractivity contribution in [3.05, 3.63) is 58.1 Å². The summed E-state index contributed by atoms with van der Waals surface area (Å²) in [6.07, 6.45) is 1.16. The molecule has 29 heavy (non-hydrogen) atoms. The van der Waals surface area contributed by atoms with Crippen molar-refractivity contribution < 1.29 is 4.79 Å². The van der Waals surface area contributed by atoms with E-state index in [1.165, 1.54) is 11.1 Å². The molecule has 0 aliphatic carbocycles. The van der Waals surface area contributed by atoms with E-state index in [2.05, 4.69) is 30.9 Å². The molecule has 4 nitrogen and oxygen atoms in total. The maximum Gasteiger partial charge on any atom is 0.233 e. The molecule has 0 aliphatic heterocycles. The molecule has 0 fully saturated rings. The molecular formula is C22H27Cl2N3OS. The van der Waals surface area contributed by atoms with Gasteiger partial charge >= 0.3 is 0 Å². The number of aromatic nitrogens is 1. The van der Waals surface area contributed by atoms with Gasteiger partial charge in [0.15, 0.2) is 5.13 Å². The molecule has 2 aromatic carbocycles. The molecule has 1 aromatic heterocycles. The maximum absolute atomic E-state index is 13.2. The molecule has 0 bridgehead atoms. The van der Waals surface area contributed by atoms with Crippen molar-refractivity contribution >= 4 is 56.6 Å². The largest absolute Gasteiger partial charge is 0.309 e. The van der Waals surface area contributed by atoms with E-state index in [-0.39, 0.29) is 24.7 Å². The van der Waals surface area contributed by atoms with Gasteiger partial charge in [0.1, 0.15) is 0 Å². The Bertz CT molecular complexity index is 987. The number of rotatable bonds is 7. The molecular weight excluding hydrogens is 425 g/mol. The Morgan fingerprint density at radius 3 is 2.55 bits per heavy atom. The Kier molecular flexibility index (Phi) is 8.46. The number of anilines is 1. The van der Waals surface area contributed by atoms with E-state index in [1.54, 1.807) is 11.3 Å². The van der Waals surface area contributed by atoms with Crippen molar-refractivity contribution in [3.63, 3.8) is 0 Å². The third kappa shape index (κ3) is 5.92. The fourth-order valence-corrected chi connectivity index (χ4v) is 4.51. The van der Waals surface area contributed by atoms with Gasteiger partial charge in [0.2, 0.25) is 5.91 Å². The van der Waals surface area contributed by atoms with Gasteiger partial charge in [0.25, 0.3) is 0 Å². The van der Waals surface area contributed by atoms with Gasteiger partial charge in [-0.15, -0.1) is 12.4 Å². The van der Waals surface area contributed by atoms with E-state index in [9.17, 15) is 4.79 Å². The summed E-state index contributed by atoms with van der Waals surface area (Å²) in [5.41, 5.74) is 4.19. The second kappa shape index (κ2) is 10.4. The Hall–Kier alpha value is -1.66. The van der Waals surface area contributed by atoms with Crippen molar-refractivity contribution in [2.45, 2.75) is 26.7 Å². The fraction of sp³-hybridized carbons (Fsp3) is 0.364. The normalized spacial score (nSPS) is 11.0. The molecule has 0 aliphatic rings. The molecule has 1 heterocycles. The number of fused-ring (bicyclic) bond motifs is 1. The number of nitrogens with zero attached hydrogens (tertiary/aromatic N) is 3. The van der Waals surface area contributed by atoms with E-state index in [4.69, 9.17) is 16.6 Å². The van der Waals surface area contributed by atoms with Crippen LogP contribution in [0, 0.1) is 13.8 Å². The predicted octanol–water partition coefficient (Wildman–Crippen LogP) is 5.52. The zero-order valence-corrected chi connectivity index (χ0v) is 19.6. The van der Waals surface area contributed by atoms with Gasteiger partial charge in [-0.2, -0.15) is 0 Å². The van der Waals surface area contributed by atoms with Crippen molar-refractivity contribution in [2.24, 2.45) is 0 Å². The van der Waals surface area contributed by atoms with Crippen LogP contribution in [0.2, 0.25) is 5.02 Å². The molecule has 0 saturated heterocycles. The minimum absolute atomic E-state index is 0. The van der Waals surface area contributed by atoms with Gasteiger partial charge in [-0.1, -0.05) is 47.2 Å². The number of hydrogen-bond acceptors (Lipinski definition) is 4. The van der Waals surface area contributed by atoms with Gasteiger partial charge in [-0.05, 0) is 69.7 Å². The molecule has 0 saturated carbocycles. The molecule has 0 spiro atoms. The highest BCUT2D eigenvalue weighted by Gasteiger charge is 2.21. The lowest BCUT2D eigenvalue weighted by Crippen LogP contribution is -2.34. The minimum atomic E-state index is 0. The Labute approximate surface area is 187 Å². The monoisotopic (exact) mass is 451 g/mol. The summed E-state index contributed by atoms with van der Waals surface area (Å²) in [5, 5.41) is 1.39. The number of carbonyl (C=O) groups is 1. The highest BCUT2D eigenvalue weighted by atomic mass is 35.5. The summed E-state index contributed by atoms with van der Waals surface area (Å²) >= 11 is 7.87. The number of halogens is 2. The number of amides is 1. The van der Waals surface area contributed by atoms with E-state index in [0.717, 1.165) is 33.9 Å². The van der Waals surface area contributed by atoms with Crippen LogP contribution in [0.5, 0.6) is 0 Å². The highest BCUT2D eigenvalue weighted by Crippen LogP contribution is 2.32. The van der Waals surface area contributed by atoms with Crippen LogP contribution in [0.25, 0.3) is 10.2 Å². The minimum Gasteiger partial charge on any atom is -0.309 e. The van der Waals surface area contributed by atoms with Crippen molar-refractivity contribution in [2.75, 3.05) is 32.1 Å². The standard InChI is InChI=1S/C22H26ClN3OS.ClH/c1-15-12-16(2)21-19(13-15)24-22(28-21)26(11-7-10-25(3)4)20(27)14-17-8-5-6-9-18(17)23;/h5-6,8-9,12-13H,7,10-11,14H2,1-4H3;1H. The van der Waals surface area contributed by atoms with Crippen LogP contribution in [0.1, 0.15) is 23.1 Å². The quantitative estimate of drug-likeness (QED) is 0.474. The first-order chi connectivity index (χ1) is 13.3. The Balaban J connectivity index is 0.00000300. The maximum atomic E-state index is 13.2. The zero-order chi connectivity index (χ0) is 20.3. The second-order valence-electron chi connectivity index (χ2n) is 7.40. The fourth-order valence-electron chi connectivity index (χ4n) is 3.25. The molecule has 156 valence electrons. The van der Waals surface area contributed by atoms with Crippen molar-refractivity contribution in [1.82, 2.24) is 9.88 Å². The van der Waals surface area contributed by atoms with Gasteiger partial charge in [-0.25, -0.2) is 4.98 Å². The number of aryl methyl sites for hydroxylation is 2. The molecule has 0 unspecified atom stereocenters. The van der Waals surface area contributed by atoms with Gasteiger partial charge in [-0.3, -0.25) is 9.69 Å². The van der Waals surface area contributed by atoms with E-state index in [0.29, 0.717) is 11.6 Å². The summed E-state index contributed by atoms with van der Waals surface area (Å²) in [5.74, 6) is 0.0280. The predicted molar refractivity (Wildman–Crippen MR) is 127 cm³/mol. The Morgan fingerprint density at radius 1 is 1.14 bits per heavy atom. The van der Waals surface area contributed by atoms with Crippen LogP contribution >= 0.6 is 35.3 Å². The lowest BCUT2D eigenvalue weighted by Gasteiger charge is -2.21. The van der Waals surface area contributed by atoms with Crippen LogP contribution in [-0.2, 0) is 11.2 Å². The summed E-state index contributed by atoms with van der Waals surface area (Å²) in [6, 6.07) is 11.8. The molecule has 0 N–H and O–H groups in total. The molecule has 7 heteroatoms. The SMILES string of the molecule is Cc1cc(C)c2sc(N(CCCN(C)C)C(=O)Cc3ccccc3Cl)nc2c1.Cl. The number of thiazole rings is 1. The van der Waals surface area contributed by atoms with Crippen molar-refractivity contribution in [3.8, 4) is 0 Å². The van der Waals surface area contributed by atoms with Crippen LogP contribution in [0.15, 0.2) is 36.4 Å². The average molecular weight is 452 g/mol. The van der Waals surface area contributed by atoms with E-state index in [1.807, 2.05) is 43.3 Å². The van der Waals surface area contributed by atoms with E-state index < -0.39 is 0 Å². The summed E-state index contributed by atoms with van der Waals surface area (Å²) in [4.78, 5) is 21.9. The van der Waals surface area contributed by atoms with Crippen LogP contribution < -0.4 is 4.90 Å². The number of carbonyl (C=O) groups excluding carboxylic acids is 1. The Morgan fingerprint density at radius 2 is 1.86 bits per heavy atom. The third-order valence-corrected chi connectivity index (χ3v) is 6.23. The first-order valence-corrected chi connectivity index (χ1v) is 10.6. The summed E-state index contributed by atoms with van der Waals surface area (Å²) in [7, 11) is 4.08. The van der Waals surface area contributed by atoms with Crippen LogP contribution in [0.3, 0.4) is 0 Å². The third-order valence-electron chi connectivity index (χ3n) is 4.63. The number of hydrogen-bond donors (Lipinski definition) is 0. The zero-order valence-electron chi connectivity index (χ0n) is 17.2. The first-order valence-electron chi connectivity index (χ1n) is 9.41. The summed E-state index contributed by atoms with van der Waals surface area (Å²) < 4.78 is 1.14. The average Bonchev–Trinajstić information content (AvgIpc) is 3.04. The second-order valence-corrected chi connectivity index (χ2v) is 8.78. The van der Waals surface area contributed by atoms with E-state index >= 15 is 0 Å². The molecule has 1 amide bonds. The smallest absolute Gasteiger partial charge is 0.233 e. The lowest BCUT2D eigenvalue weighted by molar-refractivity contribution is -0.118. The first kappa shape index (κ1) is 23.6. The van der Waals surface area contributed by atoms with Gasteiger partial charge in [0.05, 0.1) is 16.6 Å². The van der Waals surface area contributed by atoms with Crippen molar-refractivity contribution in [1.29, 1.82) is 0 Å². The number of benzene rings is 2. The highest BCUT2D eigenvalue weighted by molar-refractivity contribution is 7.22. The topological polar surface area (TPSA) is 36.4 Å². The van der Waals surface area contributed by atoms with Crippen LogP contribution in [-0.4, -0.2) is 43.0 Å². The molecule has 0 atom stereocenters. The summed E-state index contributed by atoms with van der Waals surface area (Å²) in [6.45, 7) is 5.72.